The van der Waals surface area contributed by atoms with Crippen LogP contribution in [0, 0.1) is 5.92 Å². The van der Waals surface area contributed by atoms with Gasteiger partial charge >= 0.3 is 6.09 Å². The third kappa shape index (κ3) is 2.34. The monoisotopic (exact) mass is 237 g/mol. The molecule has 0 spiro atoms. The molecule has 1 amide bonds. The zero-order valence-electron chi connectivity index (χ0n) is 9.54. The fraction of sp³-hybridized carbons (Fsp3) is 0.417. The third-order valence-electron chi connectivity index (χ3n) is 3.08. The van der Waals surface area contributed by atoms with E-state index in [9.17, 15) is 9.90 Å². The van der Waals surface area contributed by atoms with Crippen LogP contribution in [0.15, 0.2) is 24.3 Å². The van der Waals surface area contributed by atoms with E-state index in [0.717, 1.165) is 11.3 Å². The molecule has 1 saturated heterocycles. The van der Waals surface area contributed by atoms with Gasteiger partial charge in [-0.15, -0.1) is 0 Å². The third-order valence-corrected chi connectivity index (χ3v) is 3.08. The molecule has 1 fully saturated rings. The van der Waals surface area contributed by atoms with E-state index in [1.54, 1.807) is 31.4 Å². The van der Waals surface area contributed by atoms with Gasteiger partial charge in [-0.1, -0.05) is 12.1 Å². The number of carboxylic acid groups (broad SMARTS) is 1. The van der Waals surface area contributed by atoms with Gasteiger partial charge in [0, 0.05) is 19.0 Å². The zero-order valence-corrected chi connectivity index (χ0v) is 9.54. The summed E-state index contributed by atoms with van der Waals surface area (Å²) in [5, 5.41) is 18.7. The summed E-state index contributed by atoms with van der Waals surface area (Å²) in [6, 6.07) is 7.16. The smallest absolute Gasteiger partial charge is 0.407 e. The maximum atomic E-state index is 10.6. The van der Waals surface area contributed by atoms with Crippen LogP contribution in [0.3, 0.4) is 0 Å². The second-order valence-corrected chi connectivity index (χ2v) is 4.17. The van der Waals surface area contributed by atoms with Crippen molar-refractivity contribution >= 4 is 6.09 Å². The number of carbonyl (C=O) groups is 1. The van der Waals surface area contributed by atoms with Gasteiger partial charge in [0.25, 0.3) is 0 Å². The number of nitrogens with zero attached hydrogens (tertiary/aromatic N) is 1. The first-order chi connectivity index (χ1) is 8.11. The summed E-state index contributed by atoms with van der Waals surface area (Å²) < 4.78 is 5.03. The standard InChI is InChI=1S/C12H15NO4/c1-17-10-4-2-8(3-5-10)11(14)9-6-13(7-9)12(15)16/h2-5,9,11,14H,6-7H2,1H3,(H,15,16). The first kappa shape index (κ1) is 11.7. The van der Waals surface area contributed by atoms with E-state index in [-0.39, 0.29) is 5.92 Å². The first-order valence-electron chi connectivity index (χ1n) is 5.41. The van der Waals surface area contributed by atoms with Crippen molar-refractivity contribution < 1.29 is 19.7 Å². The van der Waals surface area contributed by atoms with E-state index in [4.69, 9.17) is 9.84 Å². The topological polar surface area (TPSA) is 70.0 Å². The highest BCUT2D eigenvalue weighted by Gasteiger charge is 2.35. The van der Waals surface area contributed by atoms with Gasteiger partial charge in [-0.25, -0.2) is 4.79 Å². The second-order valence-electron chi connectivity index (χ2n) is 4.17. The molecule has 2 N–H and O–H groups in total. The first-order valence-corrected chi connectivity index (χ1v) is 5.41. The molecule has 1 heterocycles. The predicted molar refractivity (Wildman–Crippen MR) is 61.0 cm³/mol. The van der Waals surface area contributed by atoms with Crippen molar-refractivity contribution in [3.05, 3.63) is 29.8 Å². The van der Waals surface area contributed by atoms with Gasteiger partial charge in [-0.3, -0.25) is 0 Å². The van der Waals surface area contributed by atoms with E-state index < -0.39 is 12.2 Å². The van der Waals surface area contributed by atoms with Gasteiger partial charge < -0.3 is 19.8 Å². The number of hydrogen-bond acceptors (Lipinski definition) is 3. The van der Waals surface area contributed by atoms with Gasteiger partial charge in [-0.05, 0) is 17.7 Å². The number of amides is 1. The Balaban J connectivity index is 1.96. The van der Waals surface area contributed by atoms with Crippen LogP contribution in [0.2, 0.25) is 0 Å². The van der Waals surface area contributed by atoms with Crippen molar-refractivity contribution in [2.75, 3.05) is 20.2 Å². The Labute approximate surface area is 99.2 Å². The minimum absolute atomic E-state index is 0.0144. The maximum absolute atomic E-state index is 10.6. The Morgan fingerprint density at radius 3 is 2.47 bits per heavy atom. The van der Waals surface area contributed by atoms with Gasteiger partial charge in [0.15, 0.2) is 0 Å². The molecule has 0 saturated carbocycles. The van der Waals surface area contributed by atoms with Crippen LogP contribution in [-0.2, 0) is 0 Å². The Morgan fingerprint density at radius 2 is 2.00 bits per heavy atom. The zero-order chi connectivity index (χ0) is 12.4. The van der Waals surface area contributed by atoms with Gasteiger partial charge in [0.2, 0.25) is 0 Å². The molecule has 1 aliphatic heterocycles. The Morgan fingerprint density at radius 1 is 1.41 bits per heavy atom. The normalized spacial score (nSPS) is 17.4. The number of hydrogen-bond donors (Lipinski definition) is 2. The molecule has 1 aromatic rings. The molecule has 1 atom stereocenters. The van der Waals surface area contributed by atoms with Crippen molar-refractivity contribution in [1.29, 1.82) is 0 Å². The molecule has 1 unspecified atom stereocenters. The van der Waals surface area contributed by atoms with Crippen molar-refractivity contribution in [3.63, 3.8) is 0 Å². The van der Waals surface area contributed by atoms with Crippen LogP contribution in [0.25, 0.3) is 0 Å². The average molecular weight is 237 g/mol. The minimum Gasteiger partial charge on any atom is -0.497 e. The molecule has 0 aliphatic carbocycles. The average Bonchev–Trinajstić information content (AvgIpc) is 2.26. The number of methoxy groups -OCH3 is 1. The van der Waals surface area contributed by atoms with Gasteiger partial charge in [0.1, 0.15) is 5.75 Å². The summed E-state index contributed by atoms with van der Waals surface area (Å²) in [7, 11) is 1.59. The van der Waals surface area contributed by atoms with Gasteiger partial charge in [-0.2, -0.15) is 0 Å². The minimum atomic E-state index is -0.928. The van der Waals surface area contributed by atoms with E-state index in [1.165, 1.54) is 4.90 Å². The molecule has 5 nitrogen and oxygen atoms in total. The van der Waals surface area contributed by atoms with E-state index >= 15 is 0 Å². The molecular weight excluding hydrogens is 222 g/mol. The van der Waals surface area contributed by atoms with Crippen molar-refractivity contribution in [2.24, 2.45) is 5.92 Å². The molecule has 0 radical (unpaired) electrons. The maximum Gasteiger partial charge on any atom is 0.407 e. The molecule has 0 bridgehead atoms. The van der Waals surface area contributed by atoms with Crippen LogP contribution in [-0.4, -0.2) is 41.4 Å². The summed E-state index contributed by atoms with van der Waals surface area (Å²) in [5.41, 5.74) is 0.792. The van der Waals surface area contributed by atoms with Crippen LogP contribution in [0.1, 0.15) is 11.7 Å². The summed E-state index contributed by atoms with van der Waals surface area (Å²) in [4.78, 5) is 11.9. The largest absolute Gasteiger partial charge is 0.497 e. The molecule has 0 aromatic heterocycles. The van der Waals surface area contributed by atoms with Crippen LogP contribution in [0.4, 0.5) is 4.79 Å². The summed E-state index contributed by atoms with van der Waals surface area (Å²) in [5.74, 6) is 0.723. The summed E-state index contributed by atoms with van der Waals surface area (Å²) in [6.07, 6.45) is -1.54. The predicted octanol–water partition coefficient (Wildman–Crippen LogP) is 1.34. The quantitative estimate of drug-likeness (QED) is 0.832. The van der Waals surface area contributed by atoms with E-state index in [0.29, 0.717) is 13.1 Å². The summed E-state index contributed by atoms with van der Waals surface area (Å²) >= 11 is 0. The molecule has 92 valence electrons. The summed E-state index contributed by atoms with van der Waals surface area (Å²) in [6.45, 7) is 0.783. The number of benzene rings is 1. The molecule has 2 rings (SSSR count). The number of aliphatic hydroxyl groups is 1. The van der Waals surface area contributed by atoms with Crippen molar-refractivity contribution in [3.8, 4) is 5.75 Å². The fourth-order valence-corrected chi connectivity index (χ4v) is 1.94. The molecule has 5 heteroatoms. The SMILES string of the molecule is COc1ccc(C(O)C2CN(C(=O)O)C2)cc1. The highest BCUT2D eigenvalue weighted by atomic mass is 16.5. The highest BCUT2D eigenvalue weighted by Crippen LogP contribution is 2.30. The van der Waals surface area contributed by atoms with Crippen molar-refractivity contribution in [1.82, 2.24) is 4.90 Å². The Hall–Kier alpha value is -1.75. The number of likely N-dealkylation sites (tertiary alicyclic amines) is 1. The van der Waals surface area contributed by atoms with E-state index in [2.05, 4.69) is 0 Å². The lowest BCUT2D eigenvalue weighted by Gasteiger charge is -2.39. The number of ether oxygens (including phenoxy) is 1. The molecule has 1 aromatic carbocycles. The lowest BCUT2D eigenvalue weighted by Crippen LogP contribution is -2.51. The van der Waals surface area contributed by atoms with Crippen LogP contribution >= 0.6 is 0 Å². The lowest BCUT2D eigenvalue weighted by molar-refractivity contribution is 0.00280. The molecule has 17 heavy (non-hydrogen) atoms. The van der Waals surface area contributed by atoms with Crippen LogP contribution in [0.5, 0.6) is 5.75 Å². The number of aliphatic hydroxyl groups excluding tert-OH is 1. The molecule has 1 aliphatic rings. The van der Waals surface area contributed by atoms with Gasteiger partial charge in [0.05, 0.1) is 13.2 Å². The highest BCUT2D eigenvalue weighted by molar-refractivity contribution is 5.66. The van der Waals surface area contributed by atoms with E-state index in [1.807, 2.05) is 0 Å². The Kier molecular flexibility index (Phi) is 3.19. The molecular formula is C12H15NO4. The van der Waals surface area contributed by atoms with Crippen molar-refractivity contribution in [2.45, 2.75) is 6.10 Å². The lowest BCUT2D eigenvalue weighted by atomic mass is 9.89. The fourth-order valence-electron chi connectivity index (χ4n) is 1.94. The second kappa shape index (κ2) is 4.63. The Bertz CT molecular complexity index is 397. The number of rotatable bonds is 3. The van der Waals surface area contributed by atoms with Crippen LogP contribution < -0.4 is 4.74 Å².